The first-order chi connectivity index (χ1) is 38.8. The van der Waals surface area contributed by atoms with E-state index >= 15 is 9.59 Å². The van der Waals surface area contributed by atoms with E-state index in [1.807, 2.05) is 81.4 Å². The molecule has 22 heteroatoms. The number of nitrogens with one attached hydrogen (secondary N) is 4. The Morgan fingerprint density at radius 2 is 0.893 bits per heavy atom. The summed E-state index contributed by atoms with van der Waals surface area (Å²) >= 11 is 0. The third kappa shape index (κ3) is 22.0. The van der Waals surface area contributed by atoms with Gasteiger partial charge < -0.3 is 55.8 Å². The van der Waals surface area contributed by atoms with E-state index < -0.39 is 143 Å². The normalized spacial score (nSPS) is 27.3. The standard InChI is InChI=1S/C62H113N11O11/c1-25-27-28-41(15)53(75)52-57(79)65-44(26-2)33-67(18)34-49(74)68(19)45(29-35(3)4)56(78)66-50(39(11)12)61(83)69(20)46(30-36(5)6)55(77)63-42(16)54(76)64-43(17)58(80)70(21)47(31-37(7)8)59(81)71(22)48(32-38(9)10)60(82)72(23)51(40(13)14)62(84)73(52)24/h25,27,35-48,50-53,75H,26,28-34H2,1-24H3,(H,63,77)(H,64,76)(H,65,79)(H,66,78)/b27-25+/t41-,42+,43-,44+,45+,46+,47+,48+,50?,51+,52+,53-/m1/s1. The molecule has 0 aromatic rings. The number of aliphatic hydroxyl groups excluding tert-OH is 1. The lowest BCUT2D eigenvalue weighted by atomic mass is 9.91. The van der Waals surface area contributed by atoms with E-state index in [0.29, 0.717) is 12.8 Å². The maximum absolute atomic E-state index is 15.1. The highest BCUT2D eigenvalue weighted by Crippen LogP contribution is 2.25. The summed E-state index contributed by atoms with van der Waals surface area (Å²) in [6.45, 7) is 30.6. The molecule has 84 heavy (non-hydrogen) atoms. The fourth-order valence-corrected chi connectivity index (χ4v) is 10.8. The number of likely N-dealkylation sites (N-methyl/N-ethyl adjacent to an activating group) is 7. The minimum atomic E-state index is -1.45. The van der Waals surface area contributed by atoms with Gasteiger partial charge in [-0.2, -0.15) is 0 Å². The van der Waals surface area contributed by atoms with Crippen LogP contribution in [-0.2, 0) is 47.9 Å². The molecule has 1 rings (SSSR count). The van der Waals surface area contributed by atoms with E-state index in [0.717, 1.165) is 0 Å². The molecule has 0 bridgehead atoms. The Bertz CT molecular complexity index is 2240. The molecule has 0 spiro atoms. The molecule has 1 aliphatic rings. The number of rotatable bonds is 15. The summed E-state index contributed by atoms with van der Waals surface area (Å²) in [5.41, 5.74) is 0. The number of hydrogen-bond acceptors (Lipinski definition) is 12. The van der Waals surface area contributed by atoms with Crippen molar-refractivity contribution in [1.82, 2.24) is 55.6 Å². The molecular formula is C62H113N11O11. The van der Waals surface area contributed by atoms with E-state index in [1.54, 1.807) is 46.6 Å². The first kappa shape index (κ1) is 76.4. The van der Waals surface area contributed by atoms with Crippen molar-refractivity contribution in [2.75, 3.05) is 62.4 Å². The van der Waals surface area contributed by atoms with Crippen molar-refractivity contribution in [3.63, 3.8) is 0 Å². The van der Waals surface area contributed by atoms with Crippen LogP contribution in [0.25, 0.3) is 0 Å². The van der Waals surface area contributed by atoms with Crippen molar-refractivity contribution >= 4 is 59.1 Å². The molecule has 0 aromatic carbocycles. The number of allylic oxidation sites excluding steroid dienone is 2. The number of carbonyl (C=O) groups excluding carboxylic acids is 10. The van der Waals surface area contributed by atoms with Gasteiger partial charge in [-0.3, -0.25) is 52.8 Å². The molecule has 1 aliphatic heterocycles. The molecule has 0 aromatic heterocycles. The fraction of sp³-hybridized carbons (Fsp3) is 0.806. The van der Waals surface area contributed by atoms with Crippen molar-refractivity contribution in [2.24, 2.45) is 41.4 Å². The summed E-state index contributed by atoms with van der Waals surface area (Å²) < 4.78 is 0. The first-order valence-corrected chi connectivity index (χ1v) is 30.6. The molecule has 1 saturated heterocycles. The van der Waals surface area contributed by atoms with Crippen molar-refractivity contribution in [3.8, 4) is 0 Å². The Hall–Kier alpha value is -5.64. The number of amides is 10. The highest BCUT2D eigenvalue weighted by atomic mass is 16.3. The molecule has 0 saturated carbocycles. The van der Waals surface area contributed by atoms with E-state index in [9.17, 15) is 43.5 Å². The van der Waals surface area contributed by atoms with Crippen LogP contribution in [0, 0.1) is 41.4 Å². The van der Waals surface area contributed by atoms with Gasteiger partial charge >= 0.3 is 0 Å². The minimum absolute atomic E-state index is 0.0638. The average molecular weight is 1190 g/mol. The fourth-order valence-electron chi connectivity index (χ4n) is 10.8. The lowest BCUT2D eigenvalue weighted by molar-refractivity contribution is -0.157. The molecule has 5 N–H and O–H groups in total. The lowest BCUT2D eigenvalue weighted by Crippen LogP contribution is -2.63. The van der Waals surface area contributed by atoms with Crippen molar-refractivity contribution in [2.45, 2.75) is 223 Å². The van der Waals surface area contributed by atoms with Gasteiger partial charge in [0.2, 0.25) is 59.1 Å². The molecule has 10 amide bonds. The Kier molecular flexibility index (Phi) is 31.9. The van der Waals surface area contributed by atoms with Gasteiger partial charge in [-0.1, -0.05) is 109 Å². The van der Waals surface area contributed by atoms with Crippen LogP contribution in [0.3, 0.4) is 0 Å². The van der Waals surface area contributed by atoms with Crippen molar-refractivity contribution in [1.29, 1.82) is 0 Å². The van der Waals surface area contributed by atoms with Crippen LogP contribution in [0.5, 0.6) is 0 Å². The van der Waals surface area contributed by atoms with Gasteiger partial charge in [0.05, 0.1) is 12.6 Å². The second kappa shape index (κ2) is 35.1. The topological polar surface area (TPSA) is 262 Å². The zero-order valence-electron chi connectivity index (χ0n) is 55.9. The van der Waals surface area contributed by atoms with Gasteiger partial charge in [-0.25, -0.2) is 0 Å². The molecule has 0 radical (unpaired) electrons. The quantitative estimate of drug-likeness (QED) is 0.147. The van der Waals surface area contributed by atoms with Gasteiger partial charge in [-0.05, 0) is 108 Å². The van der Waals surface area contributed by atoms with Crippen LogP contribution >= 0.6 is 0 Å². The predicted octanol–water partition coefficient (Wildman–Crippen LogP) is 3.74. The monoisotopic (exact) mass is 1190 g/mol. The van der Waals surface area contributed by atoms with Crippen molar-refractivity contribution in [3.05, 3.63) is 12.2 Å². The van der Waals surface area contributed by atoms with E-state index in [4.69, 9.17) is 0 Å². The number of hydrogen-bond donors (Lipinski definition) is 5. The number of nitrogens with zero attached hydrogens (tertiary/aromatic N) is 7. The van der Waals surface area contributed by atoms with E-state index in [2.05, 4.69) is 21.3 Å². The van der Waals surface area contributed by atoms with Crippen LogP contribution in [0.1, 0.15) is 156 Å². The molecule has 12 atom stereocenters. The Balaban J connectivity index is 4.26. The largest absolute Gasteiger partial charge is 0.390 e. The Morgan fingerprint density at radius 1 is 0.476 bits per heavy atom. The van der Waals surface area contributed by atoms with Crippen LogP contribution in [-0.4, -0.2) is 227 Å². The van der Waals surface area contributed by atoms with Crippen molar-refractivity contribution < 1.29 is 53.1 Å². The summed E-state index contributed by atoms with van der Waals surface area (Å²) in [7, 11) is 10.6. The van der Waals surface area contributed by atoms with Gasteiger partial charge in [0.1, 0.15) is 54.4 Å². The van der Waals surface area contributed by atoms with Crippen LogP contribution in [0.2, 0.25) is 0 Å². The van der Waals surface area contributed by atoms with Gasteiger partial charge in [0, 0.05) is 54.9 Å². The Morgan fingerprint density at radius 3 is 1.35 bits per heavy atom. The zero-order chi connectivity index (χ0) is 65.1. The Labute approximate surface area is 504 Å². The smallest absolute Gasteiger partial charge is 0.246 e. The summed E-state index contributed by atoms with van der Waals surface area (Å²) in [5.74, 6) is -7.87. The molecule has 482 valence electrons. The van der Waals surface area contributed by atoms with Crippen LogP contribution in [0.4, 0.5) is 0 Å². The van der Waals surface area contributed by atoms with Gasteiger partial charge in [0.25, 0.3) is 0 Å². The summed E-state index contributed by atoms with van der Waals surface area (Å²) in [5, 5.41) is 23.5. The SMILES string of the molecule is C/C=C/C[C@@H](C)[C@@H](O)[C@H]1C(=O)N[C@@H](CC)CN(C)CC(=O)N(C)[C@@H](CC(C)C)C(=O)NC(C(C)C)C(=O)N(C)[C@@H](CC(C)C)C(=O)N[C@@H](C)C(=O)N[C@H](C)C(=O)N(C)[C@@H](CC(C)C)C(=O)N(C)[C@@H](CC(C)C)C(=O)N(C)[C@@H](C(C)C)C(=O)N1C. The molecule has 1 heterocycles. The molecule has 1 unspecified atom stereocenters. The maximum atomic E-state index is 15.1. The molecule has 0 aliphatic carbocycles. The third-order valence-corrected chi connectivity index (χ3v) is 16.1. The van der Waals surface area contributed by atoms with Crippen LogP contribution < -0.4 is 21.3 Å². The maximum Gasteiger partial charge on any atom is 0.246 e. The minimum Gasteiger partial charge on any atom is -0.390 e. The second-order valence-electron chi connectivity index (χ2n) is 26.2. The highest BCUT2D eigenvalue weighted by molar-refractivity contribution is 5.98. The summed E-state index contributed by atoms with van der Waals surface area (Å²) in [6, 6.07) is -11.1. The van der Waals surface area contributed by atoms with Gasteiger partial charge in [0.15, 0.2) is 0 Å². The zero-order valence-corrected chi connectivity index (χ0v) is 55.9. The summed E-state index contributed by atoms with van der Waals surface area (Å²) in [4.78, 5) is 155. The number of carbonyl (C=O) groups is 10. The van der Waals surface area contributed by atoms with E-state index in [1.165, 1.54) is 85.5 Å². The van der Waals surface area contributed by atoms with Crippen LogP contribution in [0.15, 0.2) is 12.2 Å². The highest BCUT2D eigenvalue weighted by Gasteiger charge is 2.45. The second-order valence-corrected chi connectivity index (χ2v) is 26.2. The van der Waals surface area contributed by atoms with Gasteiger partial charge in [-0.15, -0.1) is 0 Å². The predicted molar refractivity (Wildman–Crippen MR) is 328 cm³/mol. The third-order valence-electron chi connectivity index (χ3n) is 16.1. The summed E-state index contributed by atoms with van der Waals surface area (Å²) in [6.07, 6.45) is 3.87. The average Bonchev–Trinajstić information content (AvgIpc) is 3.38. The first-order valence-electron chi connectivity index (χ1n) is 30.6. The lowest BCUT2D eigenvalue weighted by Gasteiger charge is -2.41. The molecule has 1 fully saturated rings. The molecule has 22 nitrogen and oxygen atoms in total. The molecular weight excluding hydrogens is 1070 g/mol. The van der Waals surface area contributed by atoms with E-state index in [-0.39, 0.29) is 62.4 Å². The number of aliphatic hydroxyl groups is 1.